The van der Waals surface area contributed by atoms with Crippen molar-refractivity contribution in [2.75, 3.05) is 0 Å². The molecule has 1 aromatic heterocycles. The molecule has 0 aromatic carbocycles. The highest BCUT2D eigenvalue weighted by Crippen LogP contribution is 2.50. The van der Waals surface area contributed by atoms with Crippen molar-refractivity contribution in [2.45, 2.75) is 45.6 Å². The first-order valence-corrected chi connectivity index (χ1v) is 5.67. The third-order valence-electron chi connectivity index (χ3n) is 3.97. The molecule has 15 heavy (non-hydrogen) atoms. The van der Waals surface area contributed by atoms with Crippen molar-refractivity contribution in [3.63, 3.8) is 0 Å². The Balaban J connectivity index is 2.45. The minimum Gasteiger partial charge on any atom is -0.321 e. The van der Waals surface area contributed by atoms with Gasteiger partial charge in [-0.15, -0.1) is 0 Å². The second-order valence-electron chi connectivity index (χ2n) is 5.46. The number of hydrogen-bond acceptors (Lipinski definition) is 2. The Morgan fingerprint density at radius 1 is 1.27 bits per heavy atom. The Labute approximate surface area is 91.9 Å². The Hall–Kier alpha value is -0.890. The van der Waals surface area contributed by atoms with Gasteiger partial charge in [0.15, 0.2) is 0 Å². The van der Waals surface area contributed by atoms with E-state index in [0.717, 1.165) is 6.42 Å². The van der Waals surface area contributed by atoms with Crippen molar-refractivity contribution in [1.82, 2.24) is 4.98 Å². The van der Waals surface area contributed by atoms with E-state index >= 15 is 0 Å². The monoisotopic (exact) mass is 204 g/mol. The summed E-state index contributed by atoms with van der Waals surface area (Å²) in [5.41, 5.74) is 8.98. The largest absolute Gasteiger partial charge is 0.321 e. The molecule has 1 saturated carbocycles. The van der Waals surface area contributed by atoms with Crippen LogP contribution in [0.2, 0.25) is 0 Å². The SMILES string of the molecule is Cc1cncc(C2(N)CCCC2(C)C)c1. The number of aromatic nitrogens is 1. The molecule has 1 heterocycles. The molecule has 1 aliphatic carbocycles. The molecule has 0 amide bonds. The van der Waals surface area contributed by atoms with Gasteiger partial charge in [0.25, 0.3) is 0 Å². The first-order chi connectivity index (χ1) is 6.96. The summed E-state index contributed by atoms with van der Waals surface area (Å²) in [4.78, 5) is 4.26. The van der Waals surface area contributed by atoms with Gasteiger partial charge in [-0.05, 0) is 36.3 Å². The van der Waals surface area contributed by atoms with Crippen molar-refractivity contribution in [2.24, 2.45) is 11.1 Å². The van der Waals surface area contributed by atoms with E-state index < -0.39 is 0 Å². The number of pyridine rings is 1. The van der Waals surface area contributed by atoms with Gasteiger partial charge in [-0.25, -0.2) is 0 Å². The van der Waals surface area contributed by atoms with E-state index in [1.165, 1.54) is 24.0 Å². The number of aryl methyl sites for hydroxylation is 1. The molecular weight excluding hydrogens is 184 g/mol. The first-order valence-electron chi connectivity index (χ1n) is 5.67. The smallest absolute Gasteiger partial charge is 0.0476 e. The number of hydrogen-bond donors (Lipinski definition) is 1. The maximum absolute atomic E-state index is 6.59. The Morgan fingerprint density at radius 2 is 2.00 bits per heavy atom. The zero-order valence-corrected chi connectivity index (χ0v) is 9.88. The van der Waals surface area contributed by atoms with Gasteiger partial charge in [-0.3, -0.25) is 4.98 Å². The third-order valence-corrected chi connectivity index (χ3v) is 3.97. The number of nitrogens with zero attached hydrogens (tertiary/aromatic N) is 1. The van der Waals surface area contributed by atoms with Crippen LogP contribution >= 0.6 is 0 Å². The van der Waals surface area contributed by atoms with Gasteiger partial charge in [0.05, 0.1) is 0 Å². The lowest BCUT2D eigenvalue weighted by atomic mass is 9.72. The molecular formula is C13H20N2. The maximum atomic E-state index is 6.59. The third kappa shape index (κ3) is 1.57. The summed E-state index contributed by atoms with van der Waals surface area (Å²) < 4.78 is 0. The molecule has 2 heteroatoms. The normalized spacial score (nSPS) is 29.3. The van der Waals surface area contributed by atoms with Gasteiger partial charge >= 0.3 is 0 Å². The summed E-state index contributed by atoms with van der Waals surface area (Å²) in [6, 6.07) is 2.18. The van der Waals surface area contributed by atoms with Gasteiger partial charge in [-0.1, -0.05) is 26.3 Å². The first kappa shape index (κ1) is 10.6. The van der Waals surface area contributed by atoms with Crippen LogP contribution in [0.15, 0.2) is 18.5 Å². The standard InChI is InChI=1S/C13H20N2/c1-10-7-11(9-15-8-10)13(14)6-4-5-12(13,2)3/h7-9H,4-6,14H2,1-3H3. The quantitative estimate of drug-likeness (QED) is 0.764. The molecule has 0 spiro atoms. The van der Waals surface area contributed by atoms with Crippen LogP contribution in [0.4, 0.5) is 0 Å². The maximum Gasteiger partial charge on any atom is 0.0476 e. The van der Waals surface area contributed by atoms with E-state index in [2.05, 4.69) is 31.8 Å². The second-order valence-corrected chi connectivity index (χ2v) is 5.46. The zero-order valence-electron chi connectivity index (χ0n) is 9.88. The topological polar surface area (TPSA) is 38.9 Å². The lowest BCUT2D eigenvalue weighted by Crippen LogP contribution is -2.45. The van der Waals surface area contributed by atoms with E-state index in [0.29, 0.717) is 0 Å². The van der Waals surface area contributed by atoms with E-state index in [-0.39, 0.29) is 11.0 Å². The molecule has 2 rings (SSSR count). The van der Waals surface area contributed by atoms with Crippen LogP contribution in [0.3, 0.4) is 0 Å². The van der Waals surface area contributed by atoms with E-state index in [1.807, 2.05) is 12.4 Å². The molecule has 1 aromatic rings. The summed E-state index contributed by atoms with van der Waals surface area (Å²) in [5, 5.41) is 0. The van der Waals surface area contributed by atoms with Crippen LogP contribution < -0.4 is 5.73 Å². The van der Waals surface area contributed by atoms with Crippen molar-refractivity contribution in [3.8, 4) is 0 Å². The van der Waals surface area contributed by atoms with Crippen molar-refractivity contribution in [3.05, 3.63) is 29.6 Å². The van der Waals surface area contributed by atoms with E-state index in [9.17, 15) is 0 Å². The van der Waals surface area contributed by atoms with Crippen molar-refractivity contribution in [1.29, 1.82) is 0 Å². The lowest BCUT2D eigenvalue weighted by Gasteiger charge is -2.38. The predicted molar refractivity (Wildman–Crippen MR) is 62.5 cm³/mol. The molecule has 2 nitrogen and oxygen atoms in total. The molecule has 0 aliphatic heterocycles. The lowest BCUT2D eigenvalue weighted by molar-refractivity contribution is 0.209. The fraction of sp³-hybridized carbons (Fsp3) is 0.615. The van der Waals surface area contributed by atoms with Crippen LogP contribution in [-0.4, -0.2) is 4.98 Å². The highest BCUT2D eigenvalue weighted by atomic mass is 14.8. The van der Waals surface area contributed by atoms with Crippen LogP contribution in [0.1, 0.15) is 44.2 Å². The summed E-state index contributed by atoms with van der Waals surface area (Å²) in [6.07, 6.45) is 7.31. The molecule has 82 valence electrons. The van der Waals surface area contributed by atoms with Gasteiger partial charge in [0.1, 0.15) is 0 Å². The van der Waals surface area contributed by atoms with Gasteiger partial charge in [-0.2, -0.15) is 0 Å². The van der Waals surface area contributed by atoms with Crippen LogP contribution in [0, 0.1) is 12.3 Å². The molecule has 0 radical (unpaired) electrons. The number of rotatable bonds is 1. The predicted octanol–water partition coefficient (Wildman–Crippen LogP) is 2.75. The van der Waals surface area contributed by atoms with Crippen LogP contribution in [0.5, 0.6) is 0 Å². The molecule has 1 aliphatic rings. The summed E-state index contributed by atoms with van der Waals surface area (Å²) in [5.74, 6) is 0. The highest BCUT2D eigenvalue weighted by Gasteiger charge is 2.47. The van der Waals surface area contributed by atoms with E-state index in [1.54, 1.807) is 0 Å². The number of nitrogens with two attached hydrogens (primary N) is 1. The van der Waals surface area contributed by atoms with Gasteiger partial charge < -0.3 is 5.73 Å². The fourth-order valence-electron chi connectivity index (χ4n) is 2.70. The molecule has 1 fully saturated rings. The molecule has 1 unspecified atom stereocenters. The fourth-order valence-corrected chi connectivity index (χ4v) is 2.70. The van der Waals surface area contributed by atoms with Crippen molar-refractivity contribution >= 4 is 0 Å². The van der Waals surface area contributed by atoms with Gasteiger partial charge in [0, 0.05) is 17.9 Å². The summed E-state index contributed by atoms with van der Waals surface area (Å²) in [6.45, 7) is 6.60. The minimum absolute atomic E-state index is 0.183. The molecule has 0 bridgehead atoms. The zero-order chi connectivity index (χ0) is 11.1. The molecule has 0 saturated heterocycles. The Kier molecular flexibility index (Phi) is 2.34. The van der Waals surface area contributed by atoms with Crippen LogP contribution in [0.25, 0.3) is 0 Å². The van der Waals surface area contributed by atoms with Crippen LogP contribution in [-0.2, 0) is 5.54 Å². The van der Waals surface area contributed by atoms with Gasteiger partial charge in [0.2, 0.25) is 0 Å². The van der Waals surface area contributed by atoms with E-state index in [4.69, 9.17) is 5.73 Å². The summed E-state index contributed by atoms with van der Waals surface area (Å²) >= 11 is 0. The summed E-state index contributed by atoms with van der Waals surface area (Å²) in [7, 11) is 0. The second kappa shape index (κ2) is 3.31. The average Bonchev–Trinajstić information content (AvgIpc) is 2.43. The Morgan fingerprint density at radius 3 is 2.53 bits per heavy atom. The molecule has 2 N–H and O–H groups in total. The molecule has 1 atom stereocenters. The van der Waals surface area contributed by atoms with Crippen molar-refractivity contribution < 1.29 is 0 Å². The Bertz CT molecular complexity index is 371. The average molecular weight is 204 g/mol. The minimum atomic E-state index is -0.188. The highest BCUT2D eigenvalue weighted by molar-refractivity contribution is 5.28.